The largest absolute Gasteiger partial charge is 1.00 e. The molecule has 0 aromatic heterocycles. The van der Waals surface area contributed by atoms with Crippen LogP contribution >= 0.6 is 32.1 Å². The monoisotopic (exact) mass is 1880 g/mol. The number of rotatable bonds is 23. The van der Waals surface area contributed by atoms with Gasteiger partial charge >= 0.3 is 110 Å². The second-order valence-corrected chi connectivity index (χ2v) is 36.8. The molecule has 0 spiro atoms. The third-order valence-corrected chi connectivity index (χ3v) is 19.9. The van der Waals surface area contributed by atoms with Gasteiger partial charge in [0.25, 0.3) is 0 Å². The number of carbonyl (C=O) groups excluding carboxylic acids is 5. The second kappa shape index (κ2) is 63.5. The van der Waals surface area contributed by atoms with Gasteiger partial charge in [-0.05, 0) is 269 Å². The van der Waals surface area contributed by atoms with Crippen molar-refractivity contribution in [2.24, 2.45) is 11.8 Å². The van der Waals surface area contributed by atoms with E-state index in [1.54, 1.807) is 83.1 Å². The molecule has 0 atom stereocenters. The molecule has 4 heterocycles. The van der Waals surface area contributed by atoms with Gasteiger partial charge in [-0.1, -0.05) is 116 Å². The Bertz CT molecular complexity index is 3920. The predicted molar refractivity (Wildman–Crippen MR) is 477 cm³/mol. The molecule has 0 aliphatic carbocycles. The fraction of sp³-hybridized carbons (Fsp3) is 0.581. The number of carbonyl (C=O) groups is 7. The molecule has 4 fully saturated rings. The summed E-state index contributed by atoms with van der Waals surface area (Å²) in [5, 5.41) is 26.9. The van der Waals surface area contributed by atoms with Crippen LogP contribution in [0.5, 0.6) is 0 Å². The van der Waals surface area contributed by atoms with Crippen LogP contribution in [0.4, 0.5) is 13.2 Å². The average Bonchev–Trinajstić information content (AvgIpc) is 0.848. The SMILES string of the molecule is C.CC(C)(C)OC(=O)c1cccc(C=C2CCOCC2)c1.CC(C)(C)OC(=O)c1cccc(CBr)c1.CC(C)(C)OC(=O)c1cccc(CC2CCOCC2)c1.CC(C)(C)[O-].CCOP(=O)(Cc1cccc(C(=O)OC(C)(C)C)c1)OCC.CCOP(OCC)OCC.O=C(O)C(F)(F)F.O=C(O)c1cccc(CC2CCOCC2)c1.O=C1CCOCC1.[K+]. The second-order valence-electron chi connectivity index (χ2n) is 33.0. The molecule has 9 rings (SSSR count). The molecule has 24 nitrogen and oxygen atoms in total. The van der Waals surface area contributed by atoms with Crippen LogP contribution in [-0.2, 0) is 99.0 Å². The van der Waals surface area contributed by atoms with Gasteiger partial charge in [0.15, 0.2) is 0 Å². The van der Waals surface area contributed by atoms with Gasteiger partial charge in [-0.2, -0.15) is 13.2 Å². The molecule has 4 saturated heterocycles. The molecule has 694 valence electrons. The number of benzene rings is 5. The molecule has 0 bridgehead atoms. The molecule has 0 amide bonds. The van der Waals surface area contributed by atoms with E-state index in [1.165, 1.54) is 11.1 Å². The zero-order valence-electron chi connectivity index (χ0n) is 76.2. The predicted octanol–water partition coefficient (Wildman–Crippen LogP) is 18.9. The number of carboxylic acids is 2. The van der Waals surface area contributed by atoms with Crippen LogP contribution in [0.1, 0.15) is 277 Å². The Kier molecular flexibility index (Phi) is 61.7. The number of ketones is 1. The molecule has 5 aromatic carbocycles. The number of Topliss-reactive ketones (excluding diaryl/α,β-unsaturated/α-hetero) is 1. The van der Waals surface area contributed by atoms with E-state index in [1.807, 2.05) is 171 Å². The maximum absolute atomic E-state index is 12.5. The molecule has 2 N–H and O–H groups in total. The smallest absolute Gasteiger partial charge is 0.850 e. The van der Waals surface area contributed by atoms with Gasteiger partial charge in [0.2, 0.25) is 0 Å². The summed E-state index contributed by atoms with van der Waals surface area (Å²) >= 11 is 3.35. The summed E-state index contributed by atoms with van der Waals surface area (Å²) in [4.78, 5) is 78.0. The fourth-order valence-electron chi connectivity index (χ4n) is 10.7. The van der Waals surface area contributed by atoms with Gasteiger partial charge < -0.3 is 75.8 Å². The fourth-order valence-corrected chi connectivity index (χ4v) is 13.6. The first-order chi connectivity index (χ1) is 56.9. The summed E-state index contributed by atoms with van der Waals surface area (Å²) in [6.07, 6.45) is 6.74. The van der Waals surface area contributed by atoms with Crippen molar-refractivity contribution in [3.05, 3.63) is 183 Å². The van der Waals surface area contributed by atoms with Crippen LogP contribution in [0, 0.1) is 11.8 Å². The van der Waals surface area contributed by atoms with E-state index in [0.29, 0.717) is 110 Å². The van der Waals surface area contributed by atoms with Gasteiger partial charge in [0.1, 0.15) is 28.2 Å². The first kappa shape index (κ1) is 121. The van der Waals surface area contributed by atoms with Crippen molar-refractivity contribution in [2.45, 2.75) is 256 Å². The summed E-state index contributed by atoms with van der Waals surface area (Å²) in [6, 6.07) is 36.9. The van der Waals surface area contributed by atoms with Crippen LogP contribution in [0.3, 0.4) is 0 Å². The summed E-state index contributed by atoms with van der Waals surface area (Å²) in [6.45, 7) is 45.3. The van der Waals surface area contributed by atoms with E-state index in [2.05, 4.69) is 28.1 Å². The standard InChI is InChI=1S/C17H24O3.C17H22O3.C16H25O5P.C13H16O3.C12H15BrO2.C6H15O3P.C5H8O2.C4H9O.C2HF3O2.CH4.K/c2*1-17(2,3)20-16(18)15-6-4-5-14(12-15)11-13-7-9-19-10-8-13;1-6-19-22(18,20-7-2)12-13-9-8-10-14(11-13)15(17)21-16(3,4)5;14-13(15)12-3-1-2-11(9-12)8-10-4-6-16-7-5-10;1-12(2,3)15-11(14)10-6-4-5-9(7-10)8-13;1-4-7-10(8-5-2)9-6-3;6-5-1-3-7-4-2-5;1-4(2,3)5;3-2(4,5)1(6)7;;/h4-6,12-13H,7-11H2,1-3H3;4-6,11-12H,7-10H2,1-3H3;8-11H,6-7,12H2,1-5H3;1-3,9-10H,4-8H2,(H,14,15);4-7H,8H2,1-3H3;4-6H2,1-3H3;1-4H2;1-3H3;(H,6,7);1H4;/q;;;;;;;-1;;;+1. The zero-order chi connectivity index (χ0) is 92.3. The van der Waals surface area contributed by atoms with Crippen molar-refractivity contribution in [1.29, 1.82) is 0 Å². The Hall–Kier alpha value is -5.50. The number of aromatic carboxylic acids is 1. The summed E-state index contributed by atoms with van der Waals surface area (Å²) in [5.74, 6) is -3.17. The van der Waals surface area contributed by atoms with Crippen molar-refractivity contribution in [2.75, 3.05) is 85.9 Å². The zero-order valence-corrected chi connectivity index (χ0v) is 82.7. The molecular formula is C93H139BrF3KO24P2. The number of halogens is 4. The Morgan fingerprint density at radius 2 is 0.758 bits per heavy atom. The van der Waals surface area contributed by atoms with Gasteiger partial charge in [-0.25, -0.2) is 28.8 Å². The Balaban J connectivity index is 0. The minimum atomic E-state index is -5.08. The molecule has 5 aromatic rings. The number of aliphatic carboxylic acids is 1. The van der Waals surface area contributed by atoms with Crippen molar-refractivity contribution < 1.29 is 179 Å². The van der Waals surface area contributed by atoms with Crippen molar-refractivity contribution in [3.8, 4) is 0 Å². The first-order valence-corrected chi connectivity index (χ1v) is 45.2. The van der Waals surface area contributed by atoms with Crippen LogP contribution in [0.15, 0.2) is 127 Å². The molecule has 4 aliphatic rings. The minimum Gasteiger partial charge on any atom is -0.850 e. The minimum absolute atomic E-state index is 0. The average molecular weight is 1880 g/mol. The van der Waals surface area contributed by atoms with Gasteiger partial charge in [0, 0.05) is 44.6 Å². The van der Waals surface area contributed by atoms with Crippen molar-refractivity contribution in [1.82, 2.24) is 0 Å². The van der Waals surface area contributed by atoms with Crippen LogP contribution in [0.25, 0.3) is 6.08 Å². The summed E-state index contributed by atoms with van der Waals surface area (Å²) in [7, 11) is -4.25. The molecule has 0 saturated carbocycles. The van der Waals surface area contributed by atoms with Crippen LogP contribution in [0.2, 0.25) is 0 Å². The first-order valence-electron chi connectivity index (χ1n) is 41.2. The van der Waals surface area contributed by atoms with E-state index in [9.17, 15) is 51.6 Å². The molecule has 4 aliphatic heterocycles. The molecule has 124 heavy (non-hydrogen) atoms. The topological polar surface area (TPSA) is 320 Å². The normalized spacial score (nSPS) is 14.3. The maximum atomic E-state index is 12.5. The quantitative estimate of drug-likeness (QED) is 0.0202. The van der Waals surface area contributed by atoms with Crippen molar-refractivity contribution in [3.63, 3.8) is 0 Å². The van der Waals surface area contributed by atoms with E-state index in [-0.39, 0.29) is 82.9 Å². The Labute approximate surface area is 787 Å². The molecule has 0 unspecified atom stereocenters. The van der Waals surface area contributed by atoms with E-state index in [4.69, 9.17) is 75.5 Å². The van der Waals surface area contributed by atoms with E-state index >= 15 is 0 Å². The maximum Gasteiger partial charge on any atom is 1.00 e. The number of hydrogen-bond acceptors (Lipinski definition) is 22. The molecule has 31 heteroatoms. The Morgan fingerprint density at radius 3 is 1.06 bits per heavy atom. The van der Waals surface area contributed by atoms with Gasteiger partial charge in [0.05, 0.1) is 93.4 Å². The van der Waals surface area contributed by atoms with E-state index in [0.717, 1.165) is 113 Å². The van der Waals surface area contributed by atoms with Crippen molar-refractivity contribution >= 4 is 79.8 Å². The number of ether oxygens (including phenoxy) is 8. The third-order valence-electron chi connectivity index (χ3n) is 15.8. The number of esters is 4. The number of carboxylic acid groups (broad SMARTS) is 2. The molecular weight excluding hydrogens is 1740 g/mol. The number of hydrogen-bond donors (Lipinski definition) is 2. The van der Waals surface area contributed by atoms with E-state index < -0.39 is 68.3 Å². The molecule has 0 radical (unpaired) electrons. The number of alkyl halides is 4. The van der Waals surface area contributed by atoms with Crippen LogP contribution < -0.4 is 56.5 Å². The Morgan fingerprint density at radius 1 is 0.468 bits per heavy atom. The van der Waals surface area contributed by atoms with Gasteiger partial charge in [-0.3, -0.25) is 9.36 Å². The summed E-state index contributed by atoms with van der Waals surface area (Å²) in [5.41, 5.74) is 6.51. The van der Waals surface area contributed by atoms with Crippen LogP contribution in [-0.4, -0.2) is 172 Å². The third kappa shape index (κ3) is 61.9. The summed E-state index contributed by atoms with van der Waals surface area (Å²) < 4.78 is 113. The van der Waals surface area contributed by atoms with Gasteiger partial charge in [-0.15, -0.1) is 5.60 Å².